The van der Waals surface area contributed by atoms with Gasteiger partial charge in [0.25, 0.3) is 0 Å². The summed E-state index contributed by atoms with van der Waals surface area (Å²) in [5.41, 5.74) is 0. The lowest BCUT2D eigenvalue weighted by atomic mass is 10.3. The van der Waals surface area contributed by atoms with Crippen molar-refractivity contribution in [3.63, 3.8) is 0 Å². The van der Waals surface area contributed by atoms with Gasteiger partial charge in [0.15, 0.2) is 5.90 Å². The second kappa shape index (κ2) is 11.3. The van der Waals surface area contributed by atoms with Crippen LogP contribution in [0.3, 0.4) is 0 Å². The highest BCUT2D eigenvalue weighted by Gasteiger charge is 2.20. The summed E-state index contributed by atoms with van der Waals surface area (Å²) in [4.78, 5) is 0. The molecule has 0 aromatic carbocycles. The third-order valence-electron chi connectivity index (χ3n) is 0.361. The van der Waals surface area contributed by atoms with Gasteiger partial charge in [-0.15, -0.1) is 0 Å². The maximum atomic E-state index is 9.75. The van der Waals surface area contributed by atoms with Crippen molar-refractivity contribution in [2.24, 2.45) is 0 Å². The summed E-state index contributed by atoms with van der Waals surface area (Å²) in [7, 11) is -6.00. The minimum atomic E-state index is -6.00. The van der Waals surface area contributed by atoms with E-state index >= 15 is 0 Å². The van der Waals surface area contributed by atoms with Crippen LogP contribution < -0.4 is 0 Å². The molecule has 0 atom stereocenters. The fourth-order valence-corrected chi connectivity index (χ4v) is 0.217. The van der Waals surface area contributed by atoms with Gasteiger partial charge >= 0.3 is 7.25 Å². The fourth-order valence-electron chi connectivity index (χ4n) is 0.217. The van der Waals surface area contributed by atoms with Crippen LogP contribution in [0.25, 0.3) is 0 Å². The van der Waals surface area contributed by atoms with Gasteiger partial charge in [-0.3, -0.25) is 5.41 Å². The Bertz CT molecular complexity index is 112. The Kier molecular flexibility index (Phi) is 15.7. The highest BCUT2D eigenvalue weighted by Crippen LogP contribution is 2.06. The molecular formula is C6H15BF4NO-. The maximum absolute atomic E-state index is 9.75. The van der Waals surface area contributed by atoms with Gasteiger partial charge in [-0.2, -0.15) is 0 Å². The predicted molar refractivity (Wildman–Crippen MR) is 46.6 cm³/mol. The Morgan fingerprint density at radius 2 is 1.46 bits per heavy atom. The van der Waals surface area contributed by atoms with E-state index in [1.54, 1.807) is 6.92 Å². The molecule has 0 aliphatic rings. The van der Waals surface area contributed by atoms with Crippen molar-refractivity contribution in [2.75, 3.05) is 6.61 Å². The van der Waals surface area contributed by atoms with E-state index in [1.807, 2.05) is 20.8 Å². The summed E-state index contributed by atoms with van der Waals surface area (Å²) in [5.74, 6) is 0.289. The first-order valence-corrected chi connectivity index (χ1v) is 3.82. The second-order valence-corrected chi connectivity index (χ2v) is 1.48. The van der Waals surface area contributed by atoms with Gasteiger partial charge in [-0.1, -0.05) is 13.8 Å². The molecule has 0 aromatic heterocycles. The number of rotatable bonds is 1. The average molecular weight is 204 g/mol. The first-order chi connectivity index (χ1) is 5.77. The van der Waals surface area contributed by atoms with Crippen molar-refractivity contribution in [3.8, 4) is 0 Å². The number of nitrogens with one attached hydrogen (secondary N) is 1. The first kappa shape index (κ1) is 18.1. The third kappa shape index (κ3) is 190. The Hall–Kier alpha value is -0.745. The molecule has 0 aliphatic heterocycles. The van der Waals surface area contributed by atoms with Crippen molar-refractivity contribution in [1.29, 1.82) is 5.41 Å². The zero-order valence-corrected chi connectivity index (χ0v) is 8.20. The quantitative estimate of drug-likeness (QED) is 0.302. The Balaban J connectivity index is -0.000000131. The zero-order chi connectivity index (χ0) is 11.5. The van der Waals surface area contributed by atoms with Crippen molar-refractivity contribution in [3.05, 3.63) is 0 Å². The standard InChI is InChI=1S/C4H9NO.C2H6.BF4/c1-3-6-4(2)5;1-2;2-1(3,4)5/h5H,3H2,1-2H3;1-2H3;/q;;-1. The van der Waals surface area contributed by atoms with Crippen LogP contribution in [-0.2, 0) is 4.74 Å². The SMILES string of the molecule is CC.CCOC(C)=N.F[B-](F)(F)F. The lowest BCUT2D eigenvalue weighted by molar-refractivity contribution is 0.321. The topological polar surface area (TPSA) is 33.1 Å². The van der Waals surface area contributed by atoms with Crippen LogP contribution in [0.4, 0.5) is 17.3 Å². The second-order valence-electron chi connectivity index (χ2n) is 1.48. The first-order valence-electron chi connectivity index (χ1n) is 3.82. The molecule has 0 unspecified atom stereocenters. The smallest absolute Gasteiger partial charge is 0.482 e. The molecular weight excluding hydrogens is 189 g/mol. The van der Waals surface area contributed by atoms with Gasteiger partial charge in [0.05, 0.1) is 6.61 Å². The number of hydrogen-bond donors (Lipinski definition) is 1. The summed E-state index contributed by atoms with van der Waals surface area (Å²) >= 11 is 0. The van der Waals surface area contributed by atoms with Crippen molar-refractivity contribution < 1.29 is 22.0 Å². The van der Waals surface area contributed by atoms with Gasteiger partial charge in [-0.05, 0) is 6.92 Å². The summed E-state index contributed by atoms with van der Waals surface area (Å²) < 4.78 is 43.6. The van der Waals surface area contributed by atoms with Gasteiger partial charge < -0.3 is 22.0 Å². The minimum absolute atomic E-state index is 0.289. The van der Waals surface area contributed by atoms with Crippen LogP contribution in [0.5, 0.6) is 0 Å². The van der Waals surface area contributed by atoms with E-state index in [0.29, 0.717) is 6.61 Å². The number of ether oxygens (including phenoxy) is 1. The molecule has 0 radical (unpaired) electrons. The fraction of sp³-hybridized carbons (Fsp3) is 0.833. The van der Waals surface area contributed by atoms with E-state index in [1.165, 1.54) is 0 Å². The summed E-state index contributed by atoms with van der Waals surface area (Å²) in [5, 5.41) is 6.67. The van der Waals surface area contributed by atoms with E-state index in [2.05, 4.69) is 4.74 Å². The third-order valence-corrected chi connectivity index (χ3v) is 0.361. The molecule has 1 N–H and O–H groups in total. The zero-order valence-electron chi connectivity index (χ0n) is 8.20. The molecule has 0 spiro atoms. The van der Waals surface area contributed by atoms with Crippen LogP contribution in [0.2, 0.25) is 0 Å². The molecule has 0 aliphatic carbocycles. The molecule has 0 rings (SSSR count). The van der Waals surface area contributed by atoms with Gasteiger partial charge in [0.2, 0.25) is 0 Å². The normalized spacial score (nSPS) is 8.62. The van der Waals surface area contributed by atoms with E-state index in [4.69, 9.17) is 5.41 Å². The van der Waals surface area contributed by atoms with Crippen molar-refractivity contribution in [2.45, 2.75) is 27.7 Å². The molecule has 0 aromatic rings. The largest absolute Gasteiger partial charge is 0.673 e. The monoisotopic (exact) mass is 204 g/mol. The lowest BCUT2D eigenvalue weighted by Crippen LogP contribution is -2.02. The Morgan fingerprint density at radius 1 is 1.23 bits per heavy atom. The Labute approximate surface area is 75.9 Å². The van der Waals surface area contributed by atoms with Gasteiger partial charge in [0.1, 0.15) is 0 Å². The minimum Gasteiger partial charge on any atom is -0.482 e. The highest BCUT2D eigenvalue weighted by atomic mass is 19.5. The van der Waals surface area contributed by atoms with Crippen LogP contribution in [0, 0.1) is 5.41 Å². The summed E-state index contributed by atoms with van der Waals surface area (Å²) in [6, 6.07) is 0. The molecule has 82 valence electrons. The molecule has 2 nitrogen and oxygen atoms in total. The molecule has 0 amide bonds. The van der Waals surface area contributed by atoms with E-state index in [-0.39, 0.29) is 5.90 Å². The van der Waals surface area contributed by atoms with Crippen molar-refractivity contribution in [1.82, 2.24) is 0 Å². The van der Waals surface area contributed by atoms with Crippen LogP contribution in [-0.4, -0.2) is 19.8 Å². The molecule has 13 heavy (non-hydrogen) atoms. The van der Waals surface area contributed by atoms with Gasteiger partial charge in [-0.25, -0.2) is 0 Å². The van der Waals surface area contributed by atoms with Crippen molar-refractivity contribution >= 4 is 13.2 Å². The number of halogens is 4. The highest BCUT2D eigenvalue weighted by molar-refractivity contribution is 6.50. The van der Waals surface area contributed by atoms with E-state index in [9.17, 15) is 17.3 Å². The molecule has 0 heterocycles. The lowest BCUT2D eigenvalue weighted by Gasteiger charge is -1.94. The predicted octanol–water partition coefficient (Wildman–Crippen LogP) is 3.35. The Morgan fingerprint density at radius 3 is 1.46 bits per heavy atom. The van der Waals surface area contributed by atoms with Crippen LogP contribution >= 0.6 is 0 Å². The maximum Gasteiger partial charge on any atom is 0.673 e. The summed E-state index contributed by atoms with van der Waals surface area (Å²) in [6.07, 6.45) is 0. The number of hydrogen-bond acceptors (Lipinski definition) is 2. The molecule has 7 heteroatoms. The average Bonchev–Trinajstić information content (AvgIpc) is 1.87. The molecule has 0 bridgehead atoms. The molecule has 0 fully saturated rings. The van der Waals surface area contributed by atoms with E-state index in [0.717, 1.165) is 0 Å². The van der Waals surface area contributed by atoms with E-state index < -0.39 is 7.25 Å². The van der Waals surface area contributed by atoms with Crippen LogP contribution in [0.1, 0.15) is 27.7 Å². The molecule has 0 saturated heterocycles. The van der Waals surface area contributed by atoms with Crippen LogP contribution in [0.15, 0.2) is 0 Å². The van der Waals surface area contributed by atoms with Gasteiger partial charge in [0, 0.05) is 6.92 Å². The summed E-state index contributed by atoms with van der Waals surface area (Å²) in [6.45, 7) is 8.08. The molecule has 0 saturated carbocycles.